The van der Waals surface area contributed by atoms with Crippen molar-refractivity contribution >= 4 is 11.6 Å². The number of benzene rings is 2. The van der Waals surface area contributed by atoms with Crippen LogP contribution in [0.25, 0.3) is 5.57 Å². The van der Waals surface area contributed by atoms with E-state index < -0.39 is 30.5 Å². The number of amides is 2. The van der Waals surface area contributed by atoms with Gasteiger partial charge in [0.25, 0.3) is 0 Å². The van der Waals surface area contributed by atoms with Crippen molar-refractivity contribution in [2.24, 2.45) is 0 Å². The van der Waals surface area contributed by atoms with Gasteiger partial charge in [-0.25, -0.2) is 18.0 Å². The van der Waals surface area contributed by atoms with Crippen LogP contribution >= 0.6 is 0 Å². The Hall–Kier alpha value is -2.84. The SMILES string of the molecule is CN1C[C@@H](N(C)C(=O)N2CC(c3cc(F)ccc3F)=C[C@@]2(CO)c2ccccc2)C[C@H]1CF. The van der Waals surface area contributed by atoms with Crippen LogP contribution in [0.1, 0.15) is 17.5 Å². The zero-order valence-electron chi connectivity index (χ0n) is 18.7. The first-order valence-electron chi connectivity index (χ1n) is 10.9. The van der Waals surface area contributed by atoms with Gasteiger partial charge in [0, 0.05) is 37.8 Å². The van der Waals surface area contributed by atoms with Gasteiger partial charge in [0.1, 0.15) is 23.8 Å². The maximum Gasteiger partial charge on any atom is 0.321 e. The molecule has 1 saturated heterocycles. The minimum atomic E-state index is -1.25. The summed E-state index contributed by atoms with van der Waals surface area (Å²) in [4.78, 5) is 18.7. The molecule has 2 amide bonds. The summed E-state index contributed by atoms with van der Waals surface area (Å²) in [5.41, 5.74) is -0.118. The average Bonchev–Trinajstić information content (AvgIpc) is 3.41. The summed E-state index contributed by atoms with van der Waals surface area (Å²) in [6.45, 7) is -0.405. The zero-order chi connectivity index (χ0) is 23.8. The molecule has 0 spiro atoms. The van der Waals surface area contributed by atoms with Gasteiger partial charge in [-0.05, 0) is 48.9 Å². The normalized spacial score (nSPS) is 25.4. The fraction of sp³-hybridized carbons (Fsp3) is 0.400. The predicted octanol–water partition coefficient (Wildman–Crippen LogP) is 3.65. The zero-order valence-corrected chi connectivity index (χ0v) is 18.7. The lowest BCUT2D eigenvalue weighted by molar-refractivity contribution is 0.0800. The standard InChI is InChI=1S/C25H28F3N3O2/c1-29-15-21(11-20(29)13-26)30(2)24(33)31-14-17(22-10-19(27)8-9-23(22)28)12-25(31,16-32)18-6-4-3-5-7-18/h3-10,12,20-21,32H,11,13-16H2,1-2H3/t20-,21-,25+/m0/s1. The Morgan fingerprint density at radius 1 is 1.21 bits per heavy atom. The molecule has 0 aliphatic carbocycles. The van der Waals surface area contributed by atoms with Crippen molar-refractivity contribution in [3.8, 4) is 0 Å². The molecule has 2 aromatic carbocycles. The smallest absolute Gasteiger partial charge is 0.321 e. The van der Waals surface area contributed by atoms with Crippen LogP contribution in [0.5, 0.6) is 0 Å². The highest BCUT2D eigenvalue weighted by Crippen LogP contribution is 2.41. The summed E-state index contributed by atoms with van der Waals surface area (Å²) in [6, 6.07) is 11.4. The topological polar surface area (TPSA) is 47.0 Å². The van der Waals surface area contributed by atoms with E-state index in [-0.39, 0.29) is 30.2 Å². The summed E-state index contributed by atoms with van der Waals surface area (Å²) in [7, 11) is 3.49. The van der Waals surface area contributed by atoms with Crippen LogP contribution in [0, 0.1) is 11.6 Å². The molecule has 5 nitrogen and oxygen atoms in total. The first-order chi connectivity index (χ1) is 15.8. The van der Waals surface area contributed by atoms with Gasteiger partial charge in [0.2, 0.25) is 0 Å². The van der Waals surface area contributed by atoms with Crippen LogP contribution in [0.15, 0.2) is 54.6 Å². The average molecular weight is 460 g/mol. The molecule has 8 heteroatoms. The van der Waals surface area contributed by atoms with Crippen LogP contribution in [0.3, 0.4) is 0 Å². The van der Waals surface area contributed by atoms with E-state index in [2.05, 4.69) is 0 Å². The van der Waals surface area contributed by atoms with Gasteiger partial charge >= 0.3 is 6.03 Å². The first kappa shape index (κ1) is 23.3. The van der Waals surface area contributed by atoms with Crippen molar-refractivity contribution in [1.29, 1.82) is 0 Å². The molecule has 2 heterocycles. The molecule has 3 atom stereocenters. The Labute approximate surface area is 191 Å². The van der Waals surface area contributed by atoms with E-state index in [1.54, 1.807) is 42.3 Å². The lowest BCUT2D eigenvalue weighted by Gasteiger charge is -2.40. The van der Waals surface area contributed by atoms with Crippen molar-refractivity contribution in [2.45, 2.75) is 24.0 Å². The molecule has 1 fully saturated rings. The molecular formula is C25H28F3N3O2. The molecular weight excluding hydrogens is 431 g/mol. The van der Waals surface area contributed by atoms with Crippen LogP contribution in [-0.4, -0.2) is 78.4 Å². The fourth-order valence-electron chi connectivity index (χ4n) is 4.91. The van der Waals surface area contributed by atoms with Crippen LogP contribution in [0.4, 0.5) is 18.0 Å². The Balaban J connectivity index is 1.73. The fourth-order valence-corrected chi connectivity index (χ4v) is 4.91. The third kappa shape index (κ3) is 4.13. The second kappa shape index (κ2) is 9.19. The summed E-state index contributed by atoms with van der Waals surface area (Å²) in [5, 5.41) is 10.6. The summed E-state index contributed by atoms with van der Waals surface area (Å²) in [6.07, 6.45) is 2.15. The summed E-state index contributed by atoms with van der Waals surface area (Å²) >= 11 is 0. The van der Waals surface area contributed by atoms with Gasteiger partial charge in [-0.2, -0.15) is 0 Å². The van der Waals surface area contributed by atoms with Gasteiger partial charge in [-0.15, -0.1) is 0 Å². The molecule has 33 heavy (non-hydrogen) atoms. The molecule has 0 radical (unpaired) electrons. The number of carbonyl (C=O) groups is 1. The molecule has 2 aromatic rings. The van der Waals surface area contributed by atoms with Crippen molar-refractivity contribution in [2.75, 3.05) is 40.5 Å². The number of likely N-dealkylation sites (tertiary alicyclic amines) is 1. The second-order valence-electron chi connectivity index (χ2n) is 8.86. The number of rotatable bonds is 5. The second-order valence-corrected chi connectivity index (χ2v) is 8.86. The number of hydrogen-bond donors (Lipinski definition) is 1. The van der Waals surface area contributed by atoms with Crippen LogP contribution in [-0.2, 0) is 5.54 Å². The first-order valence-corrected chi connectivity index (χ1v) is 10.9. The lowest BCUT2D eigenvalue weighted by Crippen LogP contribution is -2.54. The van der Waals surface area contributed by atoms with E-state index in [0.29, 0.717) is 24.1 Å². The van der Waals surface area contributed by atoms with E-state index in [9.17, 15) is 23.1 Å². The number of carbonyl (C=O) groups excluding carboxylic acids is 1. The number of nitrogens with zero attached hydrogens (tertiary/aromatic N) is 3. The highest BCUT2D eigenvalue weighted by atomic mass is 19.1. The third-order valence-corrected chi connectivity index (χ3v) is 6.94. The number of likely N-dealkylation sites (N-methyl/N-ethyl adjacent to an activating group) is 2. The lowest BCUT2D eigenvalue weighted by atomic mass is 9.89. The summed E-state index contributed by atoms with van der Waals surface area (Å²) < 4.78 is 41.9. The summed E-state index contributed by atoms with van der Waals surface area (Å²) in [5.74, 6) is -1.19. The Bertz CT molecular complexity index is 1050. The molecule has 1 N–H and O–H groups in total. The number of aliphatic hydroxyl groups is 1. The molecule has 2 aliphatic heterocycles. The minimum Gasteiger partial charge on any atom is -0.393 e. The predicted molar refractivity (Wildman–Crippen MR) is 120 cm³/mol. The molecule has 176 valence electrons. The maximum absolute atomic E-state index is 14.6. The Kier molecular flexibility index (Phi) is 6.50. The van der Waals surface area contributed by atoms with E-state index in [1.165, 1.54) is 4.90 Å². The molecule has 0 unspecified atom stereocenters. The molecule has 0 saturated carbocycles. The highest BCUT2D eigenvalue weighted by molar-refractivity contribution is 5.83. The van der Waals surface area contributed by atoms with E-state index in [0.717, 1.165) is 18.2 Å². The van der Waals surface area contributed by atoms with Crippen molar-refractivity contribution in [1.82, 2.24) is 14.7 Å². The maximum atomic E-state index is 14.6. The van der Waals surface area contributed by atoms with E-state index in [4.69, 9.17) is 0 Å². The largest absolute Gasteiger partial charge is 0.393 e. The Morgan fingerprint density at radius 3 is 2.58 bits per heavy atom. The molecule has 0 bridgehead atoms. The number of urea groups is 1. The van der Waals surface area contributed by atoms with Crippen molar-refractivity contribution < 1.29 is 23.1 Å². The van der Waals surface area contributed by atoms with Gasteiger partial charge in [0.15, 0.2) is 0 Å². The van der Waals surface area contributed by atoms with Crippen LogP contribution in [0.2, 0.25) is 0 Å². The van der Waals surface area contributed by atoms with Gasteiger partial charge in [-0.3, -0.25) is 4.90 Å². The molecule has 4 rings (SSSR count). The quantitative estimate of drug-likeness (QED) is 0.743. The third-order valence-electron chi connectivity index (χ3n) is 6.94. The van der Waals surface area contributed by atoms with Gasteiger partial charge < -0.3 is 14.9 Å². The molecule has 2 aliphatic rings. The number of halogens is 3. The monoisotopic (exact) mass is 459 g/mol. The minimum absolute atomic E-state index is 0.00585. The number of hydrogen-bond acceptors (Lipinski definition) is 3. The Morgan fingerprint density at radius 2 is 1.94 bits per heavy atom. The van der Waals surface area contributed by atoms with Gasteiger partial charge in [0.05, 0.1) is 6.61 Å². The molecule has 0 aromatic heterocycles. The van der Waals surface area contributed by atoms with Crippen LogP contribution < -0.4 is 0 Å². The number of alkyl halides is 1. The number of aliphatic hydroxyl groups excluding tert-OH is 1. The highest BCUT2D eigenvalue weighted by Gasteiger charge is 2.47. The van der Waals surface area contributed by atoms with E-state index >= 15 is 0 Å². The van der Waals surface area contributed by atoms with E-state index in [1.807, 2.05) is 18.0 Å². The van der Waals surface area contributed by atoms with Crippen molar-refractivity contribution in [3.63, 3.8) is 0 Å². The van der Waals surface area contributed by atoms with Gasteiger partial charge in [-0.1, -0.05) is 30.3 Å². The van der Waals surface area contributed by atoms with Crippen molar-refractivity contribution in [3.05, 3.63) is 77.4 Å².